The average Bonchev–Trinajstić information content (AvgIpc) is 3.14. The molecule has 1 saturated heterocycles. The highest BCUT2D eigenvalue weighted by Gasteiger charge is 2.26. The van der Waals surface area contributed by atoms with Crippen LogP contribution in [0.1, 0.15) is 44.2 Å². The van der Waals surface area contributed by atoms with Crippen LogP contribution < -0.4 is 4.90 Å². The van der Waals surface area contributed by atoms with Crippen molar-refractivity contribution in [1.82, 2.24) is 24.6 Å². The van der Waals surface area contributed by atoms with Gasteiger partial charge in [-0.3, -0.25) is 9.48 Å². The second-order valence-electron chi connectivity index (χ2n) is 6.85. The number of piperazine rings is 1. The van der Waals surface area contributed by atoms with E-state index in [9.17, 15) is 4.79 Å². The monoisotopic (exact) mass is 342 g/mol. The summed E-state index contributed by atoms with van der Waals surface area (Å²) in [6.45, 7) is 11.1. The Morgan fingerprint density at radius 2 is 1.84 bits per heavy atom. The van der Waals surface area contributed by atoms with Crippen molar-refractivity contribution in [2.45, 2.75) is 39.7 Å². The van der Waals surface area contributed by atoms with Crippen LogP contribution in [0.4, 0.5) is 5.82 Å². The molecule has 3 heterocycles. The summed E-state index contributed by atoms with van der Waals surface area (Å²) in [7, 11) is 0. The lowest BCUT2D eigenvalue weighted by Gasteiger charge is -2.36. The second-order valence-corrected chi connectivity index (χ2v) is 6.85. The van der Waals surface area contributed by atoms with E-state index >= 15 is 0 Å². The van der Waals surface area contributed by atoms with Gasteiger partial charge >= 0.3 is 0 Å². The Morgan fingerprint density at radius 3 is 2.44 bits per heavy atom. The maximum absolute atomic E-state index is 12.7. The summed E-state index contributed by atoms with van der Waals surface area (Å²) in [4.78, 5) is 26.0. The Kier molecular flexibility index (Phi) is 5.01. The smallest absolute Gasteiger partial charge is 0.247 e. The fourth-order valence-corrected chi connectivity index (χ4v) is 3.04. The Morgan fingerprint density at radius 1 is 1.12 bits per heavy atom. The average molecular weight is 342 g/mol. The summed E-state index contributed by atoms with van der Waals surface area (Å²) < 4.78 is 1.71. The Balaban J connectivity index is 1.65. The van der Waals surface area contributed by atoms with E-state index in [4.69, 9.17) is 4.98 Å². The Labute approximate surface area is 148 Å². The molecule has 0 radical (unpaired) electrons. The lowest BCUT2D eigenvalue weighted by atomic mass is 10.2. The van der Waals surface area contributed by atoms with Crippen molar-refractivity contribution in [2.24, 2.45) is 0 Å². The molecule has 0 aliphatic carbocycles. The lowest BCUT2D eigenvalue weighted by Crippen LogP contribution is -2.50. The fourth-order valence-electron chi connectivity index (χ4n) is 3.04. The lowest BCUT2D eigenvalue weighted by molar-refractivity contribution is -0.134. The van der Waals surface area contributed by atoms with Crippen molar-refractivity contribution in [3.05, 3.63) is 36.0 Å². The van der Waals surface area contributed by atoms with E-state index in [-0.39, 0.29) is 11.9 Å². The highest BCUT2D eigenvalue weighted by atomic mass is 16.2. The van der Waals surface area contributed by atoms with Gasteiger partial charge in [-0.2, -0.15) is 5.10 Å². The number of carbonyl (C=O) groups excluding carboxylic acids is 1. The van der Waals surface area contributed by atoms with Crippen LogP contribution in [0.2, 0.25) is 0 Å². The van der Waals surface area contributed by atoms with Crippen molar-refractivity contribution < 1.29 is 4.79 Å². The van der Waals surface area contributed by atoms with Crippen LogP contribution >= 0.6 is 0 Å². The van der Waals surface area contributed by atoms with Crippen LogP contribution in [-0.2, 0) is 4.79 Å². The molecule has 1 aliphatic rings. The van der Waals surface area contributed by atoms with Gasteiger partial charge in [0.15, 0.2) is 0 Å². The molecule has 7 nitrogen and oxygen atoms in total. The van der Waals surface area contributed by atoms with E-state index < -0.39 is 0 Å². The maximum atomic E-state index is 12.7. The van der Waals surface area contributed by atoms with Crippen LogP contribution in [0.5, 0.6) is 0 Å². The molecule has 0 saturated carbocycles. The molecule has 7 heteroatoms. The van der Waals surface area contributed by atoms with Crippen LogP contribution in [0, 0.1) is 6.92 Å². The van der Waals surface area contributed by atoms with Crippen LogP contribution in [0.3, 0.4) is 0 Å². The van der Waals surface area contributed by atoms with Crippen LogP contribution in [0.15, 0.2) is 24.5 Å². The molecule has 2 aromatic heterocycles. The number of aryl methyl sites for hydroxylation is 1. The predicted octanol–water partition coefficient (Wildman–Crippen LogP) is 2.01. The van der Waals surface area contributed by atoms with Gasteiger partial charge in [0.2, 0.25) is 5.91 Å². The molecule has 0 spiro atoms. The predicted molar refractivity (Wildman–Crippen MR) is 96.6 cm³/mol. The van der Waals surface area contributed by atoms with Crippen molar-refractivity contribution in [3.8, 4) is 0 Å². The van der Waals surface area contributed by atoms with Crippen molar-refractivity contribution in [2.75, 3.05) is 31.1 Å². The summed E-state index contributed by atoms with van der Waals surface area (Å²) in [6.07, 6.45) is 3.53. The number of amides is 1. The molecule has 0 aromatic carbocycles. The largest absolute Gasteiger partial charge is 0.353 e. The van der Waals surface area contributed by atoms with Gasteiger partial charge in [-0.15, -0.1) is 0 Å². The van der Waals surface area contributed by atoms with E-state index in [1.807, 2.05) is 37.1 Å². The Bertz CT molecular complexity index is 719. The van der Waals surface area contributed by atoms with Crippen molar-refractivity contribution in [3.63, 3.8) is 0 Å². The molecule has 25 heavy (non-hydrogen) atoms. The third-order valence-electron chi connectivity index (χ3n) is 4.57. The first-order valence-corrected chi connectivity index (χ1v) is 8.84. The standard InChI is InChI=1S/C18H26N6O/c1-13(2)17-20-14(3)12-16(21-17)22-8-10-23(11-9-22)18(25)15(4)24-7-5-6-19-24/h5-7,12-13,15H,8-11H2,1-4H3/t15-/m0/s1. The Hall–Kier alpha value is -2.44. The molecular weight excluding hydrogens is 316 g/mol. The van der Waals surface area contributed by atoms with E-state index in [2.05, 4.69) is 28.8 Å². The molecule has 0 N–H and O–H groups in total. The minimum absolute atomic E-state index is 0.116. The van der Waals surface area contributed by atoms with Gasteiger partial charge in [-0.25, -0.2) is 9.97 Å². The van der Waals surface area contributed by atoms with Crippen LogP contribution in [-0.4, -0.2) is 56.7 Å². The van der Waals surface area contributed by atoms with Crippen LogP contribution in [0.25, 0.3) is 0 Å². The summed E-state index contributed by atoms with van der Waals surface area (Å²) in [5, 5.41) is 4.17. The topological polar surface area (TPSA) is 67.2 Å². The fraction of sp³-hybridized carbons (Fsp3) is 0.556. The van der Waals surface area contributed by atoms with E-state index in [0.29, 0.717) is 19.0 Å². The van der Waals surface area contributed by atoms with Gasteiger partial charge in [0.25, 0.3) is 0 Å². The minimum atomic E-state index is -0.268. The molecule has 3 rings (SSSR count). The minimum Gasteiger partial charge on any atom is -0.353 e. The normalized spacial score (nSPS) is 16.4. The molecule has 0 bridgehead atoms. The molecule has 1 aliphatic heterocycles. The first-order chi connectivity index (χ1) is 12.0. The molecule has 1 fully saturated rings. The number of nitrogens with zero attached hydrogens (tertiary/aromatic N) is 6. The van der Waals surface area contributed by atoms with E-state index in [1.165, 1.54) is 0 Å². The molecule has 0 unspecified atom stereocenters. The summed E-state index contributed by atoms with van der Waals surface area (Å²) in [6, 6.07) is 3.59. The number of rotatable bonds is 4. The van der Waals surface area contributed by atoms with Gasteiger partial charge < -0.3 is 9.80 Å². The van der Waals surface area contributed by atoms with Crippen molar-refractivity contribution >= 4 is 11.7 Å². The molecule has 1 atom stereocenters. The number of anilines is 1. The summed E-state index contributed by atoms with van der Waals surface area (Å²) in [5.74, 6) is 2.26. The van der Waals surface area contributed by atoms with Gasteiger partial charge in [0.05, 0.1) is 0 Å². The van der Waals surface area contributed by atoms with Gasteiger partial charge in [-0.05, 0) is 19.9 Å². The highest BCUT2D eigenvalue weighted by molar-refractivity contribution is 5.80. The van der Waals surface area contributed by atoms with E-state index in [1.54, 1.807) is 10.9 Å². The zero-order valence-corrected chi connectivity index (χ0v) is 15.4. The third kappa shape index (κ3) is 3.81. The second kappa shape index (κ2) is 7.21. The van der Waals surface area contributed by atoms with E-state index in [0.717, 1.165) is 30.4 Å². The zero-order valence-electron chi connectivity index (χ0n) is 15.4. The highest BCUT2D eigenvalue weighted by Crippen LogP contribution is 2.19. The molecule has 134 valence electrons. The molecular formula is C18H26N6O. The maximum Gasteiger partial charge on any atom is 0.247 e. The SMILES string of the molecule is Cc1cc(N2CCN(C(=O)[C@H](C)n3cccn3)CC2)nc(C(C)C)n1. The quantitative estimate of drug-likeness (QED) is 0.850. The van der Waals surface area contributed by atoms with Gasteiger partial charge in [0.1, 0.15) is 17.7 Å². The summed E-state index contributed by atoms with van der Waals surface area (Å²) in [5.41, 5.74) is 0.986. The first kappa shape index (κ1) is 17.4. The molecule has 1 amide bonds. The van der Waals surface area contributed by atoms with Gasteiger partial charge in [-0.1, -0.05) is 13.8 Å². The first-order valence-electron chi connectivity index (χ1n) is 8.84. The zero-order chi connectivity index (χ0) is 18.0. The van der Waals surface area contributed by atoms with Crippen molar-refractivity contribution in [1.29, 1.82) is 0 Å². The third-order valence-corrected chi connectivity index (χ3v) is 4.57. The van der Waals surface area contributed by atoms with Gasteiger partial charge in [0, 0.05) is 56.3 Å². The molecule has 2 aromatic rings. The number of aromatic nitrogens is 4. The number of carbonyl (C=O) groups is 1. The number of hydrogen-bond donors (Lipinski definition) is 0. The number of hydrogen-bond acceptors (Lipinski definition) is 5. The summed E-state index contributed by atoms with van der Waals surface area (Å²) >= 11 is 0.